The summed E-state index contributed by atoms with van der Waals surface area (Å²) in [6, 6.07) is 7.85. The second-order valence-electron chi connectivity index (χ2n) is 4.86. The van der Waals surface area contributed by atoms with Crippen LogP contribution in [0.1, 0.15) is 18.4 Å². The topological polar surface area (TPSA) is 73.8 Å². The Bertz CT molecular complexity index is 582. The number of hydrogen-bond acceptors (Lipinski definition) is 4. The molecule has 6 nitrogen and oxygen atoms in total. The predicted molar refractivity (Wildman–Crippen MR) is 75.3 cm³/mol. The Balaban J connectivity index is 1.89. The molecule has 0 saturated carbocycles. The molecule has 0 unspecified atom stereocenters. The van der Waals surface area contributed by atoms with E-state index in [-0.39, 0.29) is 11.8 Å². The maximum absolute atomic E-state index is 12.6. The number of para-hydroxylation sites is 1. The molecule has 2 heterocycles. The molecule has 1 aromatic carbocycles. The van der Waals surface area contributed by atoms with Gasteiger partial charge in [-0.25, -0.2) is 5.43 Å². The van der Waals surface area contributed by atoms with Gasteiger partial charge < -0.3 is 10.2 Å². The highest BCUT2D eigenvalue weighted by atomic mass is 16.2. The van der Waals surface area contributed by atoms with Gasteiger partial charge in [-0.05, 0) is 11.6 Å². The van der Waals surface area contributed by atoms with Gasteiger partial charge in [0.1, 0.15) is 5.71 Å². The van der Waals surface area contributed by atoms with E-state index in [0.29, 0.717) is 25.1 Å². The van der Waals surface area contributed by atoms with Gasteiger partial charge in [-0.15, -0.1) is 0 Å². The van der Waals surface area contributed by atoms with Gasteiger partial charge in [-0.3, -0.25) is 9.59 Å². The highest BCUT2D eigenvalue weighted by Gasteiger charge is 2.26. The van der Waals surface area contributed by atoms with E-state index in [1.165, 1.54) is 0 Å². The molecule has 0 spiro atoms. The Morgan fingerprint density at radius 3 is 2.90 bits per heavy atom. The zero-order valence-corrected chi connectivity index (χ0v) is 11.1. The van der Waals surface area contributed by atoms with Crippen molar-refractivity contribution >= 4 is 23.2 Å². The summed E-state index contributed by atoms with van der Waals surface area (Å²) >= 11 is 0. The van der Waals surface area contributed by atoms with Crippen molar-refractivity contribution in [1.82, 2.24) is 10.7 Å². The van der Waals surface area contributed by atoms with Crippen molar-refractivity contribution in [3.05, 3.63) is 29.8 Å². The largest absolute Gasteiger partial charge is 0.311 e. The summed E-state index contributed by atoms with van der Waals surface area (Å²) in [7, 11) is 0. The molecular formula is C14H16N4O2. The molecule has 104 valence electrons. The summed E-state index contributed by atoms with van der Waals surface area (Å²) in [5.74, 6) is -0.263. The SMILES string of the molecule is O=C1CCC(C(=O)N2CCNCc3ccccc32)=NN1. The van der Waals surface area contributed by atoms with Crippen molar-refractivity contribution in [3.8, 4) is 0 Å². The molecule has 0 bridgehead atoms. The van der Waals surface area contributed by atoms with Crippen LogP contribution >= 0.6 is 0 Å². The van der Waals surface area contributed by atoms with Crippen LogP contribution in [0.3, 0.4) is 0 Å². The Morgan fingerprint density at radius 1 is 1.25 bits per heavy atom. The number of carbonyl (C=O) groups is 2. The van der Waals surface area contributed by atoms with Gasteiger partial charge in [-0.2, -0.15) is 5.10 Å². The van der Waals surface area contributed by atoms with Crippen molar-refractivity contribution in [2.24, 2.45) is 5.10 Å². The predicted octanol–water partition coefficient (Wildman–Crippen LogP) is 0.389. The molecule has 2 amide bonds. The van der Waals surface area contributed by atoms with Crippen LogP contribution in [-0.4, -0.2) is 30.6 Å². The molecule has 0 saturated heterocycles. The Labute approximate surface area is 116 Å². The third-order valence-electron chi connectivity index (χ3n) is 3.51. The van der Waals surface area contributed by atoms with Gasteiger partial charge in [0.2, 0.25) is 5.91 Å². The normalized spacial score (nSPS) is 18.7. The minimum absolute atomic E-state index is 0.124. The average molecular weight is 272 g/mol. The monoisotopic (exact) mass is 272 g/mol. The first-order chi connectivity index (χ1) is 9.75. The number of hydrazone groups is 1. The first kappa shape index (κ1) is 12.8. The summed E-state index contributed by atoms with van der Waals surface area (Å²) in [5.41, 5.74) is 4.81. The van der Waals surface area contributed by atoms with Crippen molar-refractivity contribution in [3.63, 3.8) is 0 Å². The van der Waals surface area contributed by atoms with E-state index in [2.05, 4.69) is 15.8 Å². The quantitative estimate of drug-likeness (QED) is 0.776. The van der Waals surface area contributed by atoms with Crippen LogP contribution in [0.5, 0.6) is 0 Å². The van der Waals surface area contributed by atoms with Crippen LogP contribution < -0.4 is 15.6 Å². The van der Waals surface area contributed by atoms with E-state index in [1.54, 1.807) is 4.90 Å². The highest BCUT2D eigenvalue weighted by molar-refractivity contribution is 6.44. The second-order valence-corrected chi connectivity index (χ2v) is 4.86. The smallest absolute Gasteiger partial charge is 0.274 e. The molecule has 0 aromatic heterocycles. The lowest BCUT2D eigenvalue weighted by atomic mass is 10.1. The molecule has 0 radical (unpaired) electrons. The lowest BCUT2D eigenvalue weighted by Gasteiger charge is -2.24. The third kappa shape index (κ3) is 2.42. The summed E-state index contributed by atoms with van der Waals surface area (Å²) in [6.45, 7) is 2.09. The lowest BCUT2D eigenvalue weighted by molar-refractivity contribution is -0.121. The number of anilines is 1. The fourth-order valence-corrected chi connectivity index (χ4v) is 2.45. The number of nitrogens with one attached hydrogen (secondary N) is 2. The zero-order valence-electron chi connectivity index (χ0n) is 11.1. The fourth-order valence-electron chi connectivity index (χ4n) is 2.45. The van der Waals surface area contributed by atoms with Crippen molar-refractivity contribution in [2.75, 3.05) is 18.0 Å². The van der Waals surface area contributed by atoms with E-state index in [0.717, 1.165) is 24.3 Å². The summed E-state index contributed by atoms with van der Waals surface area (Å²) in [4.78, 5) is 25.4. The molecular weight excluding hydrogens is 256 g/mol. The van der Waals surface area contributed by atoms with Crippen LogP contribution in [0.15, 0.2) is 29.4 Å². The van der Waals surface area contributed by atoms with Gasteiger partial charge in [0.25, 0.3) is 5.91 Å². The standard InChI is InChI=1S/C14H16N4O2/c19-13-6-5-11(16-17-13)14(20)18-8-7-15-9-10-3-1-2-4-12(10)18/h1-4,15H,5-9H2,(H,17,19). The number of hydrogen-bond donors (Lipinski definition) is 2. The molecule has 2 aliphatic heterocycles. The number of carbonyl (C=O) groups excluding carboxylic acids is 2. The number of benzene rings is 1. The fraction of sp³-hybridized carbons (Fsp3) is 0.357. The number of rotatable bonds is 1. The Kier molecular flexibility index (Phi) is 3.47. The lowest BCUT2D eigenvalue weighted by Crippen LogP contribution is -2.42. The van der Waals surface area contributed by atoms with Gasteiger partial charge in [0, 0.05) is 38.2 Å². The molecule has 6 heteroatoms. The first-order valence-corrected chi connectivity index (χ1v) is 6.71. The highest BCUT2D eigenvalue weighted by Crippen LogP contribution is 2.23. The van der Waals surface area contributed by atoms with Crippen molar-refractivity contribution < 1.29 is 9.59 Å². The van der Waals surface area contributed by atoms with E-state index >= 15 is 0 Å². The van der Waals surface area contributed by atoms with Crippen molar-refractivity contribution in [2.45, 2.75) is 19.4 Å². The molecule has 2 N–H and O–H groups in total. The van der Waals surface area contributed by atoms with E-state index < -0.39 is 0 Å². The molecule has 20 heavy (non-hydrogen) atoms. The molecule has 0 aliphatic carbocycles. The van der Waals surface area contributed by atoms with Crippen LogP contribution in [0, 0.1) is 0 Å². The molecule has 3 rings (SSSR count). The van der Waals surface area contributed by atoms with E-state index in [1.807, 2.05) is 24.3 Å². The van der Waals surface area contributed by atoms with Crippen LogP contribution in [-0.2, 0) is 16.1 Å². The Morgan fingerprint density at radius 2 is 2.10 bits per heavy atom. The summed E-state index contributed by atoms with van der Waals surface area (Å²) in [6.07, 6.45) is 0.717. The molecule has 1 aromatic rings. The summed E-state index contributed by atoms with van der Waals surface area (Å²) < 4.78 is 0. The first-order valence-electron chi connectivity index (χ1n) is 6.71. The maximum Gasteiger partial charge on any atom is 0.274 e. The minimum Gasteiger partial charge on any atom is -0.311 e. The van der Waals surface area contributed by atoms with Crippen LogP contribution in [0.4, 0.5) is 5.69 Å². The van der Waals surface area contributed by atoms with E-state index in [4.69, 9.17) is 0 Å². The van der Waals surface area contributed by atoms with Gasteiger partial charge >= 0.3 is 0 Å². The number of fused-ring (bicyclic) bond motifs is 1. The molecule has 0 atom stereocenters. The number of amides is 2. The number of nitrogens with zero attached hydrogens (tertiary/aromatic N) is 2. The average Bonchev–Trinajstić information content (AvgIpc) is 2.69. The maximum atomic E-state index is 12.6. The van der Waals surface area contributed by atoms with E-state index in [9.17, 15) is 9.59 Å². The van der Waals surface area contributed by atoms with Gasteiger partial charge in [0.05, 0.1) is 0 Å². The summed E-state index contributed by atoms with van der Waals surface area (Å²) in [5, 5.41) is 7.19. The van der Waals surface area contributed by atoms with Crippen LogP contribution in [0.2, 0.25) is 0 Å². The van der Waals surface area contributed by atoms with Crippen molar-refractivity contribution in [1.29, 1.82) is 0 Å². The van der Waals surface area contributed by atoms with Gasteiger partial charge in [-0.1, -0.05) is 18.2 Å². The third-order valence-corrected chi connectivity index (χ3v) is 3.51. The molecule has 0 fully saturated rings. The van der Waals surface area contributed by atoms with Crippen LogP contribution in [0.25, 0.3) is 0 Å². The zero-order chi connectivity index (χ0) is 13.9. The second kappa shape index (κ2) is 5.42. The van der Waals surface area contributed by atoms with Gasteiger partial charge in [0.15, 0.2) is 0 Å². The minimum atomic E-state index is -0.139. The Hall–Kier alpha value is -2.21. The molecule has 2 aliphatic rings.